The maximum absolute atomic E-state index is 12.9. The first-order valence-electron chi connectivity index (χ1n) is 10.9. The van der Waals surface area contributed by atoms with Crippen molar-refractivity contribution in [3.63, 3.8) is 0 Å². The van der Waals surface area contributed by atoms with Crippen LogP contribution in [0.25, 0.3) is 22.0 Å². The maximum Gasteiger partial charge on any atom is 0.352 e. The maximum atomic E-state index is 12.9. The minimum atomic E-state index is -1.07. The van der Waals surface area contributed by atoms with Crippen LogP contribution in [0, 0.1) is 0 Å². The van der Waals surface area contributed by atoms with E-state index in [4.69, 9.17) is 15.5 Å². The summed E-state index contributed by atoms with van der Waals surface area (Å²) in [4.78, 5) is 46.2. The van der Waals surface area contributed by atoms with Gasteiger partial charge >= 0.3 is 5.97 Å². The number of benzene rings is 3. The summed E-state index contributed by atoms with van der Waals surface area (Å²) in [6, 6.07) is 23.2. The molecule has 0 aliphatic rings. The molecule has 1 amide bonds. The zero-order valence-electron chi connectivity index (χ0n) is 18.9. The first-order chi connectivity index (χ1) is 16.4. The Balaban J connectivity index is 1.94. The Morgan fingerprint density at radius 2 is 1.62 bits per heavy atom. The topological polar surface area (TPSA) is 101 Å². The van der Waals surface area contributed by atoms with E-state index in [0.29, 0.717) is 29.6 Å². The molecule has 0 aliphatic carbocycles. The van der Waals surface area contributed by atoms with Gasteiger partial charge in [-0.1, -0.05) is 67.6 Å². The lowest BCUT2D eigenvalue weighted by molar-refractivity contribution is -0.210. The van der Waals surface area contributed by atoms with Gasteiger partial charge in [0.15, 0.2) is 5.75 Å². The van der Waals surface area contributed by atoms with E-state index in [1.807, 2.05) is 72.2 Å². The van der Waals surface area contributed by atoms with Crippen molar-refractivity contribution in [1.29, 1.82) is 0 Å². The summed E-state index contributed by atoms with van der Waals surface area (Å²) in [5, 5.41) is 0.376. The number of Topliss-reactive ketones (excluding diaryl/α,β-unsaturated/α-hetero) is 1. The second-order valence-electron chi connectivity index (χ2n) is 7.79. The van der Waals surface area contributed by atoms with Gasteiger partial charge in [-0.3, -0.25) is 19.4 Å². The number of aromatic nitrogens is 1. The predicted octanol–water partition coefficient (Wildman–Crippen LogP) is 4.44. The van der Waals surface area contributed by atoms with E-state index in [0.717, 1.165) is 16.7 Å². The minimum absolute atomic E-state index is 0.155. The molecule has 2 N–H and O–H groups in total. The number of nitrogens with two attached hydrogens (primary N) is 1. The van der Waals surface area contributed by atoms with Crippen LogP contribution in [0.3, 0.4) is 0 Å². The van der Waals surface area contributed by atoms with Crippen molar-refractivity contribution in [2.45, 2.75) is 26.8 Å². The summed E-state index contributed by atoms with van der Waals surface area (Å²) in [6.45, 7) is 3.55. The van der Waals surface area contributed by atoms with E-state index in [9.17, 15) is 14.4 Å². The van der Waals surface area contributed by atoms with Gasteiger partial charge in [0.05, 0.1) is 16.5 Å². The van der Waals surface area contributed by atoms with Crippen molar-refractivity contribution in [2.75, 3.05) is 0 Å². The smallest absolute Gasteiger partial charge is 0.352 e. The molecule has 0 aliphatic heterocycles. The van der Waals surface area contributed by atoms with E-state index in [-0.39, 0.29) is 11.3 Å². The number of hydrogen-bond donors (Lipinski definition) is 1. The van der Waals surface area contributed by atoms with E-state index in [2.05, 4.69) is 0 Å². The molecule has 0 bridgehead atoms. The number of primary amides is 1. The molecule has 4 aromatic rings. The Morgan fingerprint density at radius 1 is 0.912 bits per heavy atom. The summed E-state index contributed by atoms with van der Waals surface area (Å²) in [5.41, 5.74) is 10.0. The molecule has 4 rings (SSSR count). The number of fused-ring (bicyclic) bond motifs is 1. The largest absolute Gasteiger partial charge is 0.363 e. The number of carbonyl (C=O) groups excluding carboxylic acids is 3. The van der Waals surface area contributed by atoms with Crippen molar-refractivity contribution in [2.24, 2.45) is 5.73 Å². The SMILES string of the molecule is CCc1c(C(=O)C(N)=O)c2c(OOC(C)=O)cccc2n1Cc1ccccc1-c1ccccc1. The van der Waals surface area contributed by atoms with E-state index in [1.54, 1.807) is 12.1 Å². The molecular weight excluding hydrogens is 432 g/mol. The van der Waals surface area contributed by atoms with Gasteiger partial charge in [-0.05, 0) is 35.2 Å². The average molecular weight is 456 g/mol. The molecule has 0 atom stereocenters. The van der Waals surface area contributed by atoms with Crippen molar-refractivity contribution in [3.05, 3.63) is 89.6 Å². The minimum Gasteiger partial charge on any atom is -0.363 e. The van der Waals surface area contributed by atoms with Crippen LogP contribution >= 0.6 is 0 Å². The van der Waals surface area contributed by atoms with Crippen LogP contribution in [0.2, 0.25) is 0 Å². The fourth-order valence-corrected chi connectivity index (χ4v) is 4.24. The molecule has 7 heteroatoms. The second-order valence-corrected chi connectivity index (χ2v) is 7.79. The number of carbonyl (C=O) groups is 3. The number of nitrogens with zero attached hydrogens (tertiary/aromatic N) is 1. The molecule has 172 valence electrons. The van der Waals surface area contributed by atoms with Crippen molar-refractivity contribution in [3.8, 4) is 16.9 Å². The number of amides is 1. The summed E-state index contributed by atoms with van der Waals surface area (Å²) < 4.78 is 1.98. The molecule has 0 radical (unpaired) electrons. The van der Waals surface area contributed by atoms with Gasteiger partial charge in [-0.2, -0.15) is 0 Å². The first kappa shape index (κ1) is 22.8. The third kappa shape index (κ3) is 4.28. The van der Waals surface area contributed by atoms with Crippen molar-refractivity contribution >= 4 is 28.6 Å². The van der Waals surface area contributed by atoms with Gasteiger partial charge in [0.2, 0.25) is 0 Å². The summed E-state index contributed by atoms with van der Waals surface area (Å²) in [5.74, 6) is -2.38. The predicted molar refractivity (Wildman–Crippen MR) is 128 cm³/mol. The molecule has 0 saturated heterocycles. The van der Waals surface area contributed by atoms with E-state index < -0.39 is 17.7 Å². The summed E-state index contributed by atoms with van der Waals surface area (Å²) >= 11 is 0. The lowest BCUT2D eigenvalue weighted by Crippen LogP contribution is -2.24. The van der Waals surface area contributed by atoms with Crippen molar-refractivity contribution in [1.82, 2.24) is 4.57 Å². The van der Waals surface area contributed by atoms with Gasteiger partial charge in [-0.25, -0.2) is 4.79 Å². The number of ketones is 1. The summed E-state index contributed by atoms with van der Waals surface area (Å²) in [6.07, 6.45) is 0.462. The number of hydrogen-bond acceptors (Lipinski definition) is 5. The fraction of sp³-hybridized carbons (Fsp3) is 0.148. The zero-order valence-corrected chi connectivity index (χ0v) is 18.9. The molecule has 0 spiro atoms. The Morgan fingerprint density at radius 3 is 2.29 bits per heavy atom. The Bertz CT molecular complexity index is 1390. The second kappa shape index (κ2) is 9.62. The Kier molecular flexibility index (Phi) is 6.45. The molecule has 1 heterocycles. The van der Waals surface area contributed by atoms with Gasteiger partial charge in [-0.15, -0.1) is 0 Å². The highest BCUT2D eigenvalue weighted by atomic mass is 17.2. The van der Waals surface area contributed by atoms with Crippen molar-refractivity contribution < 1.29 is 24.2 Å². The van der Waals surface area contributed by atoms with E-state index >= 15 is 0 Å². The molecule has 34 heavy (non-hydrogen) atoms. The van der Waals surface area contributed by atoms with Gasteiger partial charge in [0, 0.05) is 19.2 Å². The van der Waals surface area contributed by atoms with Gasteiger partial charge < -0.3 is 10.3 Å². The highest BCUT2D eigenvalue weighted by Gasteiger charge is 2.28. The lowest BCUT2D eigenvalue weighted by atomic mass is 9.99. The van der Waals surface area contributed by atoms with Crippen LogP contribution in [0.4, 0.5) is 0 Å². The molecule has 7 nitrogen and oxygen atoms in total. The fourth-order valence-electron chi connectivity index (χ4n) is 4.24. The third-order valence-electron chi connectivity index (χ3n) is 5.62. The van der Waals surface area contributed by atoms with Gasteiger partial charge in [0.25, 0.3) is 11.7 Å². The van der Waals surface area contributed by atoms with Crippen LogP contribution < -0.4 is 10.6 Å². The first-order valence-corrected chi connectivity index (χ1v) is 10.9. The highest BCUT2D eigenvalue weighted by Crippen LogP contribution is 2.36. The van der Waals surface area contributed by atoms with Crippen LogP contribution in [0.15, 0.2) is 72.8 Å². The average Bonchev–Trinajstić information content (AvgIpc) is 3.16. The molecule has 3 aromatic carbocycles. The van der Waals surface area contributed by atoms with Crippen LogP contribution in [0.5, 0.6) is 5.75 Å². The zero-order chi connectivity index (χ0) is 24.2. The monoisotopic (exact) mass is 456 g/mol. The molecular formula is C27H24N2O5. The Hall–Kier alpha value is -4.39. The molecule has 0 fully saturated rings. The quantitative estimate of drug-likeness (QED) is 0.183. The van der Waals surface area contributed by atoms with Crippen LogP contribution in [-0.2, 0) is 27.4 Å². The molecule has 0 saturated carbocycles. The van der Waals surface area contributed by atoms with E-state index in [1.165, 1.54) is 6.92 Å². The third-order valence-corrected chi connectivity index (χ3v) is 5.62. The normalized spacial score (nSPS) is 10.8. The van der Waals surface area contributed by atoms with Gasteiger partial charge in [0.1, 0.15) is 0 Å². The molecule has 0 unspecified atom stereocenters. The highest BCUT2D eigenvalue weighted by molar-refractivity contribution is 6.45. The lowest BCUT2D eigenvalue weighted by Gasteiger charge is -2.14. The number of rotatable bonds is 8. The van der Waals surface area contributed by atoms with Crippen LogP contribution in [0.1, 0.15) is 35.5 Å². The van der Waals surface area contributed by atoms with Crippen LogP contribution in [-0.4, -0.2) is 22.2 Å². The Labute approximate surface area is 196 Å². The standard InChI is InChI=1S/C27H24N2O5/c1-3-21-25(26(31)27(28)32)24-22(14-9-15-23(24)34-33-17(2)30)29(21)16-19-12-7-8-13-20(19)18-10-5-4-6-11-18/h4-15H,3,16H2,1-2H3,(H2,28,32). The molecule has 1 aromatic heterocycles. The summed E-state index contributed by atoms with van der Waals surface area (Å²) in [7, 11) is 0.